The van der Waals surface area contributed by atoms with Gasteiger partial charge in [0.15, 0.2) is 0 Å². The zero-order valence-electron chi connectivity index (χ0n) is 15.4. The lowest BCUT2D eigenvalue weighted by Gasteiger charge is -2.60. The first-order chi connectivity index (χ1) is 13.2. The first-order valence-electron chi connectivity index (χ1n) is 9.83. The normalized spacial score (nSPS) is 37.6. The summed E-state index contributed by atoms with van der Waals surface area (Å²) in [5, 5.41) is 17.1. The summed E-state index contributed by atoms with van der Waals surface area (Å²) in [5.74, 6) is 1.02. The van der Waals surface area contributed by atoms with Crippen LogP contribution in [0.15, 0.2) is 0 Å². The number of amides is 1. The van der Waals surface area contributed by atoms with Gasteiger partial charge in [-0.3, -0.25) is 4.79 Å². The highest BCUT2D eigenvalue weighted by molar-refractivity contribution is 7.15. The van der Waals surface area contributed by atoms with E-state index in [1.807, 2.05) is 4.90 Å². The number of hydrogen-bond acceptors (Lipinski definition) is 6. The van der Waals surface area contributed by atoms with E-state index in [1.54, 1.807) is 4.90 Å². The fourth-order valence-electron chi connectivity index (χ4n) is 6.36. The van der Waals surface area contributed by atoms with Gasteiger partial charge < -0.3 is 14.9 Å². The van der Waals surface area contributed by atoms with E-state index in [4.69, 9.17) is 0 Å². The van der Waals surface area contributed by atoms with Gasteiger partial charge in [0.25, 0.3) is 0 Å². The number of hydrogen-bond donors (Lipinski definition) is 1. The van der Waals surface area contributed by atoms with Crippen LogP contribution in [0, 0.1) is 17.3 Å². The van der Waals surface area contributed by atoms with Crippen molar-refractivity contribution in [1.29, 1.82) is 0 Å². The molecule has 10 heteroatoms. The third kappa shape index (κ3) is 2.99. The maximum atomic E-state index is 13.4. The Hall–Kier alpha value is -1.42. The molecule has 1 saturated heterocycles. The molecular formula is C18H23F3N4O2S. The molecule has 1 N–H and O–H groups in total. The van der Waals surface area contributed by atoms with E-state index in [1.165, 1.54) is 0 Å². The van der Waals surface area contributed by atoms with Gasteiger partial charge >= 0.3 is 6.18 Å². The summed E-state index contributed by atoms with van der Waals surface area (Å²) in [6.07, 6.45) is 0.607. The van der Waals surface area contributed by atoms with Crippen molar-refractivity contribution in [3.05, 3.63) is 5.01 Å². The molecule has 6 rings (SSSR count). The van der Waals surface area contributed by atoms with Crippen LogP contribution in [0.3, 0.4) is 0 Å². The molecule has 6 nitrogen and oxygen atoms in total. The van der Waals surface area contributed by atoms with E-state index in [0.717, 1.165) is 32.1 Å². The molecule has 154 valence electrons. The molecule has 5 fully saturated rings. The molecule has 4 saturated carbocycles. The molecule has 0 aromatic carbocycles. The zero-order chi connectivity index (χ0) is 19.7. The number of carbonyl (C=O) groups excluding carboxylic acids is 1. The highest BCUT2D eigenvalue weighted by Gasteiger charge is 2.60. The molecule has 1 aromatic heterocycles. The van der Waals surface area contributed by atoms with Crippen molar-refractivity contribution in [2.45, 2.75) is 50.3 Å². The third-order valence-electron chi connectivity index (χ3n) is 6.98. The van der Waals surface area contributed by atoms with Crippen molar-refractivity contribution in [2.24, 2.45) is 17.3 Å². The molecule has 28 heavy (non-hydrogen) atoms. The molecule has 2 unspecified atom stereocenters. The fourth-order valence-corrected chi connectivity index (χ4v) is 7.12. The summed E-state index contributed by atoms with van der Waals surface area (Å²) in [6, 6.07) is 0. The molecular weight excluding hydrogens is 393 g/mol. The first-order valence-corrected chi connectivity index (χ1v) is 10.6. The molecule has 1 aliphatic heterocycles. The van der Waals surface area contributed by atoms with Gasteiger partial charge in [-0.1, -0.05) is 11.3 Å². The molecule has 1 amide bonds. The molecule has 0 spiro atoms. The Kier molecular flexibility index (Phi) is 4.01. The van der Waals surface area contributed by atoms with Crippen LogP contribution < -0.4 is 4.90 Å². The predicted molar refractivity (Wildman–Crippen MR) is 95.8 cm³/mol. The minimum atomic E-state index is -4.48. The van der Waals surface area contributed by atoms with E-state index < -0.39 is 22.2 Å². The van der Waals surface area contributed by atoms with Crippen LogP contribution in [0.5, 0.6) is 0 Å². The Morgan fingerprint density at radius 3 is 2.25 bits per heavy atom. The van der Waals surface area contributed by atoms with Gasteiger partial charge in [-0.05, 0) is 50.4 Å². The molecule has 0 radical (unpaired) electrons. The lowest BCUT2D eigenvalue weighted by molar-refractivity contribution is -0.186. The number of aliphatic hydroxyl groups is 1. The molecule has 2 heterocycles. The van der Waals surface area contributed by atoms with Crippen molar-refractivity contribution in [3.63, 3.8) is 0 Å². The highest BCUT2D eigenvalue weighted by atomic mass is 32.1. The number of rotatable bonds is 2. The summed E-state index contributed by atoms with van der Waals surface area (Å²) in [5.41, 5.74) is -1.12. The second-order valence-corrected chi connectivity index (χ2v) is 10.1. The van der Waals surface area contributed by atoms with Crippen LogP contribution in [0.4, 0.5) is 18.3 Å². The maximum Gasteiger partial charge on any atom is 0.445 e. The Morgan fingerprint density at radius 1 is 1.07 bits per heavy atom. The van der Waals surface area contributed by atoms with Crippen molar-refractivity contribution >= 4 is 22.4 Å². The van der Waals surface area contributed by atoms with Crippen molar-refractivity contribution < 1.29 is 23.1 Å². The second-order valence-electron chi connectivity index (χ2n) is 9.13. The van der Waals surface area contributed by atoms with Crippen LogP contribution in [0.1, 0.15) is 43.5 Å². The van der Waals surface area contributed by atoms with Crippen molar-refractivity contribution in [3.8, 4) is 0 Å². The average molecular weight is 416 g/mol. The molecule has 5 aliphatic rings. The van der Waals surface area contributed by atoms with Crippen molar-refractivity contribution in [2.75, 3.05) is 31.1 Å². The van der Waals surface area contributed by atoms with Crippen molar-refractivity contribution in [1.82, 2.24) is 15.1 Å². The van der Waals surface area contributed by atoms with E-state index in [9.17, 15) is 23.1 Å². The minimum Gasteiger partial charge on any atom is -0.390 e. The van der Waals surface area contributed by atoms with Crippen LogP contribution >= 0.6 is 11.3 Å². The fraction of sp³-hybridized carbons (Fsp3) is 0.833. The average Bonchev–Trinajstić information content (AvgIpc) is 3.09. The van der Waals surface area contributed by atoms with E-state index >= 15 is 0 Å². The Bertz CT molecular complexity index is 776. The predicted octanol–water partition coefficient (Wildman–Crippen LogP) is 2.54. The van der Waals surface area contributed by atoms with Crippen LogP contribution in [0.25, 0.3) is 0 Å². The van der Waals surface area contributed by atoms with Gasteiger partial charge in [0.2, 0.25) is 16.0 Å². The third-order valence-corrected chi connectivity index (χ3v) is 8.01. The van der Waals surface area contributed by atoms with E-state index in [-0.39, 0.29) is 11.0 Å². The molecule has 4 aliphatic carbocycles. The van der Waals surface area contributed by atoms with Crippen LogP contribution in [-0.2, 0) is 11.0 Å². The summed E-state index contributed by atoms with van der Waals surface area (Å²) in [7, 11) is 0. The van der Waals surface area contributed by atoms with Gasteiger partial charge in [-0.2, -0.15) is 13.2 Å². The van der Waals surface area contributed by atoms with E-state index in [2.05, 4.69) is 10.2 Å². The van der Waals surface area contributed by atoms with Crippen LogP contribution in [0.2, 0.25) is 0 Å². The number of nitrogens with zero attached hydrogens (tertiary/aromatic N) is 4. The zero-order valence-corrected chi connectivity index (χ0v) is 16.2. The Morgan fingerprint density at radius 2 is 1.71 bits per heavy atom. The number of anilines is 1. The Balaban J connectivity index is 1.26. The smallest absolute Gasteiger partial charge is 0.390 e. The van der Waals surface area contributed by atoms with E-state index in [0.29, 0.717) is 55.8 Å². The summed E-state index contributed by atoms with van der Waals surface area (Å²) in [6.45, 7) is 1.83. The highest BCUT2D eigenvalue weighted by Crippen LogP contribution is 2.62. The number of alkyl halides is 3. The van der Waals surface area contributed by atoms with Gasteiger partial charge in [0.1, 0.15) is 0 Å². The summed E-state index contributed by atoms with van der Waals surface area (Å²) < 4.78 is 38.2. The number of halogens is 3. The first kappa shape index (κ1) is 18.6. The maximum absolute atomic E-state index is 13.4. The minimum absolute atomic E-state index is 0.132. The monoisotopic (exact) mass is 416 g/mol. The summed E-state index contributed by atoms with van der Waals surface area (Å²) >= 11 is 0.545. The quantitative estimate of drug-likeness (QED) is 0.803. The van der Waals surface area contributed by atoms with Gasteiger partial charge in [0.05, 0.1) is 11.0 Å². The molecule has 4 bridgehead atoms. The number of piperazine rings is 1. The Labute approximate surface area is 164 Å². The largest absolute Gasteiger partial charge is 0.445 e. The second kappa shape index (κ2) is 6.04. The summed E-state index contributed by atoms with van der Waals surface area (Å²) in [4.78, 5) is 17.0. The number of aromatic nitrogens is 2. The van der Waals surface area contributed by atoms with Gasteiger partial charge in [-0.25, -0.2) is 0 Å². The topological polar surface area (TPSA) is 69.6 Å². The molecule has 4 atom stereocenters. The molecule has 1 aromatic rings. The van der Waals surface area contributed by atoms with Gasteiger partial charge in [-0.15, -0.1) is 10.2 Å². The van der Waals surface area contributed by atoms with Gasteiger partial charge in [0, 0.05) is 26.2 Å². The standard InChI is InChI=1S/C18H23F3N4O2S/c19-18(20,21)13-22-23-15(28-13)25-3-1-24(2-4-25)14(26)16-6-11-5-12(7-16)9-17(27,8-11)10-16/h11-12,27H,1-10H2/t11-,12+,16?,17?. The lowest BCUT2D eigenvalue weighted by Crippen LogP contribution is -2.62. The van der Waals surface area contributed by atoms with Crippen LogP contribution in [-0.4, -0.2) is 57.9 Å². The lowest BCUT2D eigenvalue weighted by atomic mass is 9.47. The number of carbonyl (C=O) groups is 1. The SMILES string of the molecule is O=C(N1CCN(c2nnc(C(F)(F)F)s2)CC1)C12C[C@@H]3C[C@@H](CC(O)(C3)C1)C2.